The molecule has 0 spiro atoms. The Bertz CT molecular complexity index is 1440. The number of amides is 2. The fourth-order valence-electron chi connectivity index (χ4n) is 3.67. The van der Waals surface area contributed by atoms with Crippen molar-refractivity contribution in [3.05, 3.63) is 104 Å². The zero-order valence-corrected chi connectivity index (χ0v) is 22.0. The fraction of sp³-hybridized carbons (Fsp3) is 0.192. The van der Waals surface area contributed by atoms with E-state index in [1.165, 1.54) is 23.9 Å². The standard InChI is InChI=1S/C26H25ClN6O3S/c1-16-5-4-6-19(13-16)15-37-26-31-30-24(32(26)21-9-11-22(12-10-21)33(35)36)18(3)28-25(34)29-20-8-7-17(2)23(27)14-20/h4-14,18H,15H2,1-3H3,(H2,28,29,34). The summed E-state index contributed by atoms with van der Waals surface area (Å²) in [5, 5.41) is 26.7. The number of nitro benzene ring substituents is 1. The molecule has 0 saturated carbocycles. The van der Waals surface area contributed by atoms with Gasteiger partial charge in [0.25, 0.3) is 5.69 Å². The highest BCUT2D eigenvalue weighted by molar-refractivity contribution is 7.98. The minimum atomic E-state index is -0.531. The van der Waals surface area contributed by atoms with Gasteiger partial charge in [-0.1, -0.05) is 59.3 Å². The van der Waals surface area contributed by atoms with E-state index in [2.05, 4.69) is 26.9 Å². The summed E-state index contributed by atoms with van der Waals surface area (Å²) in [7, 11) is 0. The number of nitrogens with one attached hydrogen (secondary N) is 2. The van der Waals surface area contributed by atoms with Gasteiger partial charge in [0.05, 0.1) is 11.0 Å². The molecular formula is C26H25ClN6O3S. The Labute approximate surface area is 223 Å². The van der Waals surface area contributed by atoms with Crippen molar-refractivity contribution in [2.45, 2.75) is 37.7 Å². The van der Waals surface area contributed by atoms with Crippen LogP contribution in [-0.4, -0.2) is 25.7 Å². The van der Waals surface area contributed by atoms with Crippen LogP contribution in [-0.2, 0) is 5.75 Å². The van der Waals surface area contributed by atoms with Gasteiger partial charge in [-0.15, -0.1) is 10.2 Å². The van der Waals surface area contributed by atoms with E-state index >= 15 is 0 Å². The lowest BCUT2D eigenvalue weighted by molar-refractivity contribution is -0.384. The molecule has 11 heteroatoms. The molecule has 0 saturated heterocycles. The van der Waals surface area contributed by atoms with Crippen molar-refractivity contribution in [3.63, 3.8) is 0 Å². The Hall–Kier alpha value is -3.89. The summed E-state index contributed by atoms with van der Waals surface area (Å²) >= 11 is 7.66. The summed E-state index contributed by atoms with van der Waals surface area (Å²) in [6.07, 6.45) is 0. The van der Waals surface area contributed by atoms with Crippen molar-refractivity contribution < 1.29 is 9.72 Å². The largest absolute Gasteiger partial charge is 0.328 e. The highest BCUT2D eigenvalue weighted by Gasteiger charge is 2.22. The maximum atomic E-state index is 12.7. The number of benzene rings is 3. The van der Waals surface area contributed by atoms with Gasteiger partial charge in [-0.05, 0) is 56.2 Å². The molecule has 9 nitrogen and oxygen atoms in total. The second-order valence-electron chi connectivity index (χ2n) is 8.51. The van der Waals surface area contributed by atoms with Gasteiger partial charge < -0.3 is 10.6 Å². The molecule has 37 heavy (non-hydrogen) atoms. The normalized spacial score (nSPS) is 11.7. The zero-order chi connectivity index (χ0) is 26.5. The van der Waals surface area contributed by atoms with Crippen LogP contribution < -0.4 is 10.6 Å². The van der Waals surface area contributed by atoms with Crippen LogP contribution in [0.1, 0.15) is 35.5 Å². The molecular weight excluding hydrogens is 512 g/mol. The first-order valence-electron chi connectivity index (χ1n) is 11.4. The van der Waals surface area contributed by atoms with E-state index in [9.17, 15) is 14.9 Å². The molecule has 190 valence electrons. The summed E-state index contributed by atoms with van der Waals surface area (Å²) < 4.78 is 1.80. The second-order valence-corrected chi connectivity index (χ2v) is 9.86. The Morgan fingerprint density at radius 2 is 1.86 bits per heavy atom. The third-order valence-electron chi connectivity index (χ3n) is 5.59. The van der Waals surface area contributed by atoms with Crippen molar-refractivity contribution in [2.24, 2.45) is 0 Å². The maximum absolute atomic E-state index is 12.7. The number of aromatic nitrogens is 3. The first kappa shape index (κ1) is 26.2. The summed E-state index contributed by atoms with van der Waals surface area (Å²) in [5.74, 6) is 1.14. The summed E-state index contributed by atoms with van der Waals surface area (Å²) in [6, 6.07) is 18.6. The highest BCUT2D eigenvalue weighted by atomic mass is 35.5. The molecule has 1 unspecified atom stereocenters. The summed E-state index contributed by atoms with van der Waals surface area (Å²) in [5.41, 5.74) is 4.40. The van der Waals surface area contributed by atoms with E-state index in [0.29, 0.717) is 33.1 Å². The van der Waals surface area contributed by atoms with E-state index in [4.69, 9.17) is 11.6 Å². The van der Waals surface area contributed by atoms with Gasteiger partial charge >= 0.3 is 6.03 Å². The third-order valence-corrected chi connectivity index (χ3v) is 7.00. The molecule has 1 atom stereocenters. The Kier molecular flexibility index (Phi) is 8.10. The number of halogens is 1. The summed E-state index contributed by atoms with van der Waals surface area (Å²) in [6.45, 7) is 5.71. The van der Waals surface area contributed by atoms with Crippen molar-refractivity contribution in [2.75, 3.05) is 5.32 Å². The highest BCUT2D eigenvalue weighted by Crippen LogP contribution is 2.29. The number of aryl methyl sites for hydroxylation is 2. The van der Waals surface area contributed by atoms with Gasteiger partial charge in [-0.3, -0.25) is 14.7 Å². The molecule has 3 aromatic carbocycles. The van der Waals surface area contributed by atoms with E-state index in [-0.39, 0.29) is 5.69 Å². The lowest BCUT2D eigenvalue weighted by atomic mass is 10.2. The topological polar surface area (TPSA) is 115 Å². The molecule has 0 aliphatic rings. The van der Waals surface area contributed by atoms with Gasteiger partial charge in [-0.25, -0.2) is 4.79 Å². The predicted molar refractivity (Wildman–Crippen MR) is 146 cm³/mol. The van der Waals surface area contributed by atoms with Crippen LogP contribution in [0.25, 0.3) is 5.69 Å². The summed E-state index contributed by atoms with van der Waals surface area (Å²) in [4.78, 5) is 23.4. The SMILES string of the molecule is Cc1cccc(CSc2nnc(C(C)NC(=O)Nc3ccc(C)c(Cl)c3)n2-c2ccc([N+](=O)[O-])cc2)c1. The molecule has 0 aliphatic carbocycles. The Morgan fingerprint density at radius 1 is 1.11 bits per heavy atom. The van der Waals surface area contributed by atoms with Gasteiger partial charge in [0.2, 0.25) is 0 Å². The lowest BCUT2D eigenvalue weighted by Crippen LogP contribution is -2.32. The van der Waals surface area contributed by atoms with Gasteiger partial charge in [0.1, 0.15) is 0 Å². The number of nitrogens with zero attached hydrogens (tertiary/aromatic N) is 4. The van der Waals surface area contributed by atoms with Crippen molar-refractivity contribution in [1.82, 2.24) is 20.1 Å². The van der Waals surface area contributed by atoms with Gasteiger partial charge in [0.15, 0.2) is 11.0 Å². The molecule has 1 heterocycles. The predicted octanol–water partition coefficient (Wildman–Crippen LogP) is 6.62. The first-order valence-corrected chi connectivity index (χ1v) is 12.8. The van der Waals surface area contributed by atoms with Crippen molar-refractivity contribution in [3.8, 4) is 5.69 Å². The van der Waals surface area contributed by atoms with Crippen LogP contribution in [0, 0.1) is 24.0 Å². The number of hydrogen-bond donors (Lipinski definition) is 2. The smallest absolute Gasteiger partial charge is 0.319 e. The van der Waals surface area contributed by atoms with Crippen molar-refractivity contribution in [1.29, 1.82) is 0 Å². The minimum absolute atomic E-state index is 0.0188. The number of carbonyl (C=O) groups excluding carboxylic acids is 1. The number of hydrogen-bond acceptors (Lipinski definition) is 6. The minimum Gasteiger partial charge on any atom is -0.328 e. The number of anilines is 1. The number of rotatable bonds is 8. The van der Waals surface area contributed by atoms with Crippen LogP contribution in [0.5, 0.6) is 0 Å². The van der Waals surface area contributed by atoms with Gasteiger partial charge in [0, 0.05) is 34.3 Å². The molecule has 2 N–H and O–H groups in total. The van der Waals surface area contributed by atoms with E-state index < -0.39 is 17.0 Å². The molecule has 0 aliphatic heterocycles. The third kappa shape index (κ3) is 6.46. The van der Waals surface area contributed by atoms with E-state index in [0.717, 1.165) is 16.7 Å². The molecule has 1 aromatic heterocycles. The quantitative estimate of drug-likeness (QED) is 0.148. The molecule has 0 radical (unpaired) electrons. The molecule has 4 aromatic rings. The average molecular weight is 537 g/mol. The van der Waals surface area contributed by atoms with Crippen molar-refractivity contribution >= 4 is 40.8 Å². The number of thioether (sulfide) groups is 1. The van der Waals surface area contributed by atoms with Crippen LogP contribution in [0.4, 0.5) is 16.2 Å². The molecule has 0 bridgehead atoms. The fourth-order valence-corrected chi connectivity index (χ4v) is 4.75. The molecule has 4 rings (SSSR count). The molecule has 0 fully saturated rings. The Balaban J connectivity index is 1.59. The van der Waals surface area contributed by atoms with Crippen LogP contribution >= 0.6 is 23.4 Å². The van der Waals surface area contributed by atoms with E-state index in [1.807, 2.05) is 38.1 Å². The average Bonchev–Trinajstić information content (AvgIpc) is 3.29. The lowest BCUT2D eigenvalue weighted by Gasteiger charge is -2.17. The second kappa shape index (κ2) is 11.4. The van der Waals surface area contributed by atoms with Gasteiger partial charge in [-0.2, -0.15) is 0 Å². The maximum Gasteiger partial charge on any atom is 0.319 e. The van der Waals surface area contributed by atoms with Crippen LogP contribution in [0.15, 0.2) is 71.9 Å². The molecule has 2 amide bonds. The number of carbonyl (C=O) groups is 1. The van der Waals surface area contributed by atoms with Crippen LogP contribution in [0.2, 0.25) is 5.02 Å². The number of urea groups is 1. The zero-order valence-electron chi connectivity index (χ0n) is 20.4. The Morgan fingerprint density at radius 3 is 2.54 bits per heavy atom. The monoisotopic (exact) mass is 536 g/mol. The van der Waals surface area contributed by atoms with E-state index in [1.54, 1.807) is 35.8 Å². The van der Waals surface area contributed by atoms with Crippen LogP contribution in [0.3, 0.4) is 0 Å². The number of nitro groups is 1. The number of non-ortho nitro benzene ring substituents is 1. The first-order chi connectivity index (χ1) is 17.7.